The van der Waals surface area contributed by atoms with E-state index in [0.717, 1.165) is 33.6 Å². The van der Waals surface area contributed by atoms with Crippen molar-refractivity contribution in [2.75, 3.05) is 19.1 Å². The molecular formula is C24H22N2O3. The van der Waals surface area contributed by atoms with Gasteiger partial charge in [-0.3, -0.25) is 14.6 Å². The molecule has 146 valence electrons. The Kier molecular flexibility index (Phi) is 4.89. The lowest BCUT2D eigenvalue weighted by Crippen LogP contribution is -2.26. The lowest BCUT2D eigenvalue weighted by Gasteiger charge is -2.18. The number of methoxy groups -OCH3 is 1. The molecule has 1 aliphatic heterocycles. The number of hydrogen-bond donors (Lipinski definition) is 0. The maximum atomic E-state index is 12.8. The number of nitrogens with zero attached hydrogens (tertiary/aromatic N) is 2. The van der Waals surface area contributed by atoms with Crippen molar-refractivity contribution in [1.82, 2.24) is 4.98 Å². The van der Waals surface area contributed by atoms with Crippen LogP contribution in [0.25, 0.3) is 0 Å². The molecule has 5 nitrogen and oxygen atoms in total. The summed E-state index contributed by atoms with van der Waals surface area (Å²) in [5.41, 5.74) is 6.11. The number of ether oxygens (including phenoxy) is 1. The first-order chi connectivity index (χ1) is 14.0. The average Bonchev–Trinajstić information content (AvgIpc) is 2.83. The van der Waals surface area contributed by atoms with Crippen molar-refractivity contribution in [3.05, 3.63) is 88.2 Å². The molecule has 0 spiro atoms. The van der Waals surface area contributed by atoms with Crippen molar-refractivity contribution < 1.29 is 14.3 Å². The average molecular weight is 386 g/mol. The summed E-state index contributed by atoms with van der Waals surface area (Å²) in [4.78, 5) is 30.7. The van der Waals surface area contributed by atoms with Crippen molar-refractivity contribution in [3.8, 4) is 5.75 Å². The van der Waals surface area contributed by atoms with Gasteiger partial charge in [-0.2, -0.15) is 0 Å². The predicted molar refractivity (Wildman–Crippen MR) is 112 cm³/mol. The summed E-state index contributed by atoms with van der Waals surface area (Å²) in [5.74, 6) is 0.659. The Hall–Kier alpha value is -3.47. The third-order valence-electron chi connectivity index (χ3n) is 5.38. The molecule has 4 rings (SSSR count). The SMILES string of the molecule is COc1cc(C(C)=O)ccc1Cc1cc2c(cn1)N(C)C(=O)c1ccccc1C2. The smallest absolute Gasteiger partial charge is 0.258 e. The highest BCUT2D eigenvalue weighted by molar-refractivity contribution is 6.08. The highest BCUT2D eigenvalue weighted by Crippen LogP contribution is 2.31. The molecule has 0 N–H and O–H groups in total. The van der Waals surface area contributed by atoms with E-state index in [1.54, 1.807) is 31.3 Å². The maximum Gasteiger partial charge on any atom is 0.258 e. The van der Waals surface area contributed by atoms with Crippen molar-refractivity contribution in [3.63, 3.8) is 0 Å². The molecule has 0 atom stereocenters. The second-order valence-electron chi connectivity index (χ2n) is 7.26. The van der Waals surface area contributed by atoms with Crippen LogP contribution in [-0.4, -0.2) is 30.8 Å². The zero-order chi connectivity index (χ0) is 20.5. The first-order valence-electron chi connectivity index (χ1n) is 9.49. The van der Waals surface area contributed by atoms with Crippen molar-refractivity contribution >= 4 is 17.4 Å². The Morgan fingerprint density at radius 3 is 2.69 bits per heavy atom. The number of fused-ring (bicyclic) bond motifs is 2. The van der Waals surface area contributed by atoms with Gasteiger partial charge in [0.1, 0.15) is 5.75 Å². The molecule has 2 heterocycles. The maximum absolute atomic E-state index is 12.8. The fourth-order valence-corrected chi connectivity index (χ4v) is 3.76. The molecule has 0 unspecified atom stereocenters. The van der Waals surface area contributed by atoms with Crippen LogP contribution in [0.3, 0.4) is 0 Å². The molecular weight excluding hydrogens is 364 g/mol. The molecule has 0 bridgehead atoms. The number of carbonyl (C=O) groups excluding carboxylic acids is 2. The molecule has 1 aromatic heterocycles. The number of Topliss-reactive ketones (excluding diaryl/α,β-unsaturated/α-hetero) is 1. The Morgan fingerprint density at radius 1 is 1.14 bits per heavy atom. The van der Waals surface area contributed by atoms with Gasteiger partial charge in [-0.05, 0) is 36.2 Å². The van der Waals surface area contributed by atoms with Crippen LogP contribution in [0.2, 0.25) is 0 Å². The normalized spacial score (nSPS) is 12.8. The van der Waals surface area contributed by atoms with E-state index in [4.69, 9.17) is 4.74 Å². The molecule has 0 saturated heterocycles. The summed E-state index contributed by atoms with van der Waals surface area (Å²) in [6, 6.07) is 15.3. The fraction of sp³-hybridized carbons (Fsp3) is 0.208. The van der Waals surface area contributed by atoms with Gasteiger partial charge in [-0.25, -0.2) is 0 Å². The van der Waals surface area contributed by atoms with Gasteiger partial charge in [0.05, 0.1) is 19.0 Å². The standard InChI is InChI=1S/C24H22N2O3/c1-15(27)16-8-9-18(23(13-16)29-3)11-20-12-19-10-17-6-4-5-7-21(17)24(28)26(2)22(19)14-25-20/h4-9,12-14H,10-11H2,1-3H3. The van der Waals surface area contributed by atoms with E-state index in [1.807, 2.05) is 36.4 Å². The Bertz CT molecular complexity index is 1120. The minimum absolute atomic E-state index is 0.00405. The molecule has 5 heteroatoms. The van der Waals surface area contributed by atoms with E-state index in [9.17, 15) is 9.59 Å². The van der Waals surface area contributed by atoms with Gasteiger partial charge in [0.15, 0.2) is 5.78 Å². The lowest BCUT2D eigenvalue weighted by atomic mass is 9.99. The van der Waals surface area contributed by atoms with Crippen molar-refractivity contribution in [2.45, 2.75) is 19.8 Å². The molecule has 0 aliphatic carbocycles. The molecule has 0 fully saturated rings. The van der Waals surface area contributed by atoms with Gasteiger partial charge in [0.2, 0.25) is 0 Å². The van der Waals surface area contributed by atoms with Crippen molar-refractivity contribution in [1.29, 1.82) is 0 Å². The van der Waals surface area contributed by atoms with E-state index in [0.29, 0.717) is 24.2 Å². The quantitative estimate of drug-likeness (QED) is 0.635. The third kappa shape index (κ3) is 3.51. The number of ketones is 1. The number of carbonyl (C=O) groups is 2. The number of aromatic nitrogens is 1. The first-order valence-corrected chi connectivity index (χ1v) is 9.49. The summed E-state index contributed by atoms with van der Waals surface area (Å²) in [5, 5.41) is 0. The highest BCUT2D eigenvalue weighted by atomic mass is 16.5. The van der Waals surface area contributed by atoms with Crippen LogP contribution in [0, 0.1) is 0 Å². The Morgan fingerprint density at radius 2 is 1.93 bits per heavy atom. The molecule has 1 amide bonds. The number of hydrogen-bond acceptors (Lipinski definition) is 4. The van der Waals surface area contributed by atoms with Crippen LogP contribution in [0.15, 0.2) is 54.7 Å². The molecule has 0 radical (unpaired) electrons. The topological polar surface area (TPSA) is 59.5 Å². The van der Waals surface area contributed by atoms with Crippen LogP contribution in [0.4, 0.5) is 5.69 Å². The van der Waals surface area contributed by atoms with Gasteiger partial charge in [0, 0.05) is 42.3 Å². The van der Waals surface area contributed by atoms with Gasteiger partial charge in [0.25, 0.3) is 5.91 Å². The number of rotatable bonds is 4. The van der Waals surface area contributed by atoms with Crippen LogP contribution in [0.5, 0.6) is 5.75 Å². The third-order valence-corrected chi connectivity index (χ3v) is 5.38. The first kappa shape index (κ1) is 18.9. The zero-order valence-electron chi connectivity index (χ0n) is 16.7. The van der Waals surface area contributed by atoms with E-state index < -0.39 is 0 Å². The van der Waals surface area contributed by atoms with E-state index >= 15 is 0 Å². The van der Waals surface area contributed by atoms with Crippen LogP contribution < -0.4 is 9.64 Å². The fourth-order valence-electron chi connectivity index (χ4n) is 3.76. The second kappa shape index (κ2) is 7.51. The lowest BCUT2D eigenvalue weighted by molar-refractivity contribution is 0.0990. The van der Waals surface area contributed by atoms with Gasteiger partial charge in [-0.15, -0.1) is 0 Å². The Labute approximate surface area is 170 Å². The summed E-state index contributed by atoms with van der Waals surface area (Å²) in [7, 11) is 3.39. The number of anilines is 1. The molecule has 3 aromatic rings. The highest BCUT2D eigenvalue weighted by Gasteiger charge is 2.24. The summed E-state index contributed by atoms with van der Waals surface area (Å²) >= 11 is 0. The molecule has 1 aliphatic rings. The van der Waals surface area contributed by atoms with Gasteiger partial charge >= 0.3 is 0 Å². The number of amides is 1. The van der Waals surface area contributed by atoms with Crippen molar-refractivity contribution in [2.24, 2.45) is 0 Å². The predicted octanol–water partition coefficient (Wildman–Crippen LogP) is 4.06. The van der Waals surface area contributed by atoms with E-state index in [-0.39, 0.29) is 11.7 Å². The molecule has 0 saturated carbocycles. The summed E-state index contributed by atoms with van der Waals surface area (Å²) in [6.07, 6.45) is 3.02. The number of benzene rings is 2. The van der Waals surface area contributed by atoms with E-state index in [2.05, 4.69) is 11.1 Å². The second-order valence-corrected chi connectivity index (χ2v) is 7.26. The van der Waals surface area contributed by atoms with Crippen LogP contribution in [-0.2, 0) is 12.8 Å². The monoisotopic (exact) mass is 386 g/mol. The number of pyridine rings is 1. The molecule has 29 heavy (non-hydrogen) atoms. The summed E-state index contributed by atoms with van der Waals surface area (Å²) < 4.78 is 5.49. The van der Waals surface area contributed by atoms with Gasteiger partial charge < -0.3 is 9.64 Å². The molecule has 2 aromatic carbocycles. The minimum atomic E-state index is -0.0182. The Balaban J connectivity index is 1.70. The van der Waals surface area contributed by atoms with Crippen LogP contribution in [0.1, 0.15) is 50.0 Å². The minimum Gasteiger partial charge on any atom is -0.496 e. The zero-order valence-corrected chi connectivity index (χ0v) is 16.7. The van der Waals surface area contributed by atoms with Crippen LogP contribution >= 0.6 is 0 Å². The van der Waals surface area contributed by atoms with E-state index in [1.165, 1.54) is 6.92 Å². The summed E-state index contributed by atoms with van der Waals surface area (Å²) in [6.45, 7) is 1.54. The largest absolute Gasteiger partial charge is 0.496 e. The van der Waals surface area contributed by atoms with Gasteiger partial charge in [-0.1, -0.05) is 30.3 Å².